The highest BCUT2D eigenvalue weighted by atomic mass is 16.2. The van der Waals surface area contributed by atoms with Crippen LogP contribution in [0.5, 0.6) is 0 Å². The summed E-state index contributed by atoms with van der Waals surface area (Å²) in [5, 5.41) is 7.94. The highest BCUT2D eigenvalue weighted by molar-refractivity contribution is 6.01. The Kier molecular flexibility index (Phi) is 6.58. The normalized spacial score (nSPS) is 17.9. The van der Waals surface area contributed by atoms with E-state index in [2.05, 4.69) is 10.4 Å². The van der Waals surface area contributed by atoms with Gasteiger partial charge in [-0.05, 0) is 49.6 Å². The molecular formula is C31H33N5O2. The molecule has 1 saturated carbocycles. The summed E-state index contributed by atoms with van der Waals surface area (Å²) in [6, 6.07) is 21.2. The van der Waals surface area contributed by atoms with Gasteiger partial charge in [-0.3, -0.25) is 9.59 Å². The van der Waals surface area contributed by atoms with Gasteiger partial charge >= 0.3 is 0 Å². The van der Waals surface area contributed by atoms with E-state index in [1.54, 1.807) is 15.8 Å². The summed E-state index contributed by atoms with van der Waals surface area (Å²) in [5.41, 5.74) is 4.22. The zero-order valence-corrected chi connectivity index (χ0v) is 21.7. The lowest BCUT2D eigenvalue weighted by molar-refractivity contribution is -0.127. The molecular weight excluding hydrogens is 474 g/mol. The van der Waals surface area contributed by atoms with Gasteiger partial charge in [0.15, 0.2) is 11.9 Å². The molecule has 0 saturated heterocycles. The zero-order valence-electron chi connectivity index (χ0n) is 21.7. The first-order chi connectivity index (χ1) is 18.6. The number of aryl methyl sites for hydroxylation is 1. The van der Waals surface area contributed by atoms with E-state index in [-0.39, 0.29) is 17.9 Å². The minimum Gasteiger partial charge on any atom is -0.351 e. The summed E-state index contributed by atoms with van der Waals surface area (Å²) >= 11 is 0. The lowest BCUT2D eigenvalue weighted by atomic mass is 10.1. The molecule has 194 valence electrons. The molecule has 4 aromatic rings. The van der Waals surface area contributed by atoms with Crippen molar-refractivity contribution >= 4 is 11.8 Å². The molecule has 2 aromatic carbocycles. The molecule has 7 nitrogen and oxygen atoms in total. The van der Waals surface area contributed by atoms with Gasteiger partial charge < -0.3 is 14.8 Å². The van der Waals surface area contributed by atoms with Crippen LogP contribution in [0.4, 0.5) is 0 Å². The van der Waals surface area contributed by atoms with E-state index >= 15 is 0 Å². The summed E-state index contributed by atoms with van der Waals surface area (Å²) in [6.45, 7) is 2.37. The largest absolute Gasteiger partial charge is 0.351 e. The number of hydrogen-bond donors (Lipinski definition) is 1. The number of fused-ring (bicyclic) bond motifs is 3. The summed E-state index contributed by atoms with van der Waals surface area (Å²) < 4.78 is 3.74. The number of rotatable bonds is 5. The van der Waals surface area contributed by atoms with Crippen molar-refractivity contribution in [1.29, 1.82) is 0 Å². The number of para-hydroxylation sites is 1. The Morgan fingerprint density at radius 2 is 1.68 bits per heavy atom. The van der Waals surface area contributed by atoms with Crippen molar-refractivity contribution in [1.82, 2.24) is 24.6 Å². The Labute approximate surface area is 223 Å². The van der Waals surface area contributed by atoms with Gasteiger partial charge in [-0.1, -0.05) is 73.7 Å². The van der Waals surface area contributed by atoms with Crippen LogP contribution >= 0.6 is 0 Å². The summed E-state index contributed by atoms with van der Waals surface area (Å²) in [5.74, 6) is 0.328. The number of amides is 2. The smallest absolute Gasteiger partial charge is 0.260 e. The van der Waals surface area contributed by atoms with Crippen LogP contribution in [0.25, 0.3) is 11.5 Å². The van der Waals surface area contributed by atoms with Crippen molar-refractivity contribution in [2.75, 3.05) is 0 Å². The molecule has 2 aliphatic rings. The predicted octanol–water partition coefficient (Wildman–Crippen LogP) is 5.51. The fourth-order valence-electron chi connectivity index (χ4n) is 5.76. The molecule has 1 fully saturated rings. The van der Waals surface area contributed by atoms with Crippen molar-refractivity contribution in [2.45, 2.75) is 64.1 Å². The fraction of sp³-hybridized carbons (Fsp3) is 0.323. The molecule has 3 heterocycles. The van der Waals surface area contributed by atoms with Crippen molar-refractivity contribution in [3.8, 4) is 11.5 Å². The van der Waals surface area contributed by atoms with Gasteiger partial charge in [-0.25, -0.2) is 4.68 Å². The molecule has 0 spiro atoms. The molecule has 7 heteroatoms. The minimum absolute atomic E-state index is 0.123. The van der Waals surface area contributed by atoms with Crippen molar-refractivity contribution in [3.05, 3.63) is 102 Å². The third-order valence-electron chi connectivity index (χ3n) is 7.76. The Balaban J connectivity index is 1.46. The zero-order chi connectivity index (χ0) is 26.1. The SMILES string of the molecule is Cc1ccc(CN2C(=O)c3cnn(-c4ccccc4)c3-n3cccc3[C@H]2C(=O)NC2CCCCCC2)cc1. The van der Waals surface area contributed by atoms with Crippen LogP contribution in [0.1, 0.15) is 71.7 Å². The topological polar surface area (TPSA) is 72.2 Å². The van der Waals surface area contributed by atoms with Gasteiger partial charge in [0, 0.05) is 18.8 Å². The summed E-state index contributed by atoms with van der Waals surface area (Å²) in [6.07, 6.45) is 10.2. The average Bonchev–Trinajstić information content (AvgIpc) is 3.48. The Hall–Kier alpha value is -4.13. The van der Waals surface area contributed by atoms with Crippen LogP contribution < -0.4 is 5.32 Å². The van der Waals surface area contributed by atoms with Crippen LogP contribution in [0, 0.1) is 6.92 Å². The molecule has 1 aliphatic carbocycles. The highest BCUT2D eigenvalue weighted by Crippen LogP contribution is 2.35. The molecule has 1 atom stereocenters. The monoisotopic (exact) mass is 507 g/mol. The number of carbonyl (C=O) groups is 2. The number of nitrogens with zero attached hydrogens (tertiary/aromatic N) is 4. The standard InChI is InChI=1S/C31H33N5O2/c1-22-15-17-23(18-16-22)21-35-28(29(37)33-24-10-5-2-3-6-11-24)27-14-9-19-34(27)30-26(31(35)38)20-32-36(30)25-12-7-4-8-13-25/h4,7-9,12-20,24,28H,2-3,5-6,10-11,21H2,1H3,(H,33,37)/t28-/m0/s1. The summed E-state index contributed by atoms with van der Waals surface area (Å²) in [4.78, 5) is 30.1. The maximum Gasteiger partial charge on any atom is 0.260 e. The van der Waals surface area contributed by atoms with Crippen LogP contribution in [-0.4, -0.2) is 37.1 Å². The van der Waals surface area contributed by atoms with Gasteiger partial charge in [-0.2, -0.15) is 5.10 Å². The second kappa shape index (κ2) is 10.3. The number of aromatic nitrogens is 3. The number of hydrogen-bond acceptors (Lipinski definition) is 3. The van der Waals surface area contributed by atoms with E-state index in [4.69, 9.17) is 0 Å². The maximum atomic E-state index is 14.3. The van der Waals surface area contributed by atoms with Gasteiger partial charge in [-0.15, -0.1) is 0 Å². The first kappa shape index (κ1) is 24.2. The predicted molar refractivity (Wildman–Crippen MR) is 146 cm³/mol. The van der Waals surface area contributed by atoms with Crippen LogP contribution in [0.2, 0.25) is 0 Å². The molecule has 2 aromatic heterocycles. The summed E-state index contributed by atoms with van der Waals surface area (Å²) in [7, 11) is 0. The fourth-order valence-corrected chi connectivity index (χ4v) is 5.76. The molecule has 0 radical (unpaired) electrons. The Bertz CT molecular complexity index is 1430. The van der Waals surface area contributed by atoms with E-state index in [0.717, 1.165) is 48.2 Å². The molecule has 2 amide bonds. The average molecular weight is 508 g/mol. The first-order valence-corrected chi connectivity index (χ1v) is 13.6. The molecule has 6 rings (SSSR count). The van der Waals surface area contributed by atoms with E-state index in [1.165, 1.54) is 12.8 Å². The van der Waals surface area contributed by atoms with Crippen molar-refractivity contribution in [3.63, 3.8) is 0 Å². The first-order valence-electron chi connectivity index (χ1n) is 13.6. The number of nitrogens with one attached hydrogen (secondary N) is 1. The lowest BCUT2D eigenvalue weighted by Crippen LogP contribution is -2.46. The van der Waals surface area contributed by atoms with Crippen LogP contribution in [0.15, 0.2) is 79.1 Å². The number of carbonyl (C=O) groups excluding carboxylic acids is 2. The molecule has 0 bridgehead atoms. The van der Waals surface area contributed by atoms with E-state index in [1.807, 2.05) is 84.4 Å². The third kappa shape index (κ3) is 4.53. The van der Waals surface area contributed by atoms with E-state index < -0.39 is 6.04 Å². The maximum absolute atomic E-state index is 14.3. The van der Waals surface area contributed by atoms with Gasteiger partial charge in [0.2, 0.25) is 5.91 Å². The van der Waals surface area contributed by atoms with E-state index in [0.29, 0.717) is 17.9 Å². The second-order valence-electron chi connectivity index (χ2n) is 10.5. The Morgan fingerprint density at radius 1 is 0.947 bits per heavy atom. The van der Waals surface area contributed by atoms with Crippen LogP contribution in [-0.2, 0) is 11.3 Å². The minimum atomic E-state index is -0.765. The van der Waals surface area contributed by atoms with Crippen molar-refractivity contribution < 1.29 is 9.59 Å². The van der Waals surface area contributed by atoms with Gasteiger partial charge in [0.25, 0.3) is 5.91 Å². The van der Waals surface area contributed by atoms with Crippen molar-refractivity contribution in [2.24, 2.45) is 0 Å². The Morgan fingerprint density at radius 3 is 2.42 bits per heavy atom. The number of benzene rings is 2. The van der Waals surface area contributed by atoms with Gasteiger partial charge in [0.1, 0.15) is 5.56 Å². The molecule has 38 heavy (non-hydrogen) atoms. The second-order valence-corrected chi connectivity index (χ2v) is 10.5. The third-order valence-corrected chi connectivity index (χ3v) is 7.76. The van der Waals surface area contributed by atoms with Gasteiger partial charge in [0.05, 0.1) is 17.6 Å². The quantitative estimate of drug-likeness (QED) is 0.362. The molecule has 0 unspecified atom stereocenters. The lowest BCUT2D eigenvalue weighted by Gasteiger charge is -2.31. The van der Waals surface area contributed by atoms with E-state index in [9.17, 15) is 9.59 Å². The van der Waals surface area contributed by atoms with Crippen LogP contribution in [0.3, 0.4) is 0 Å². The molecule has 1 N–H and O–H groups in total. The highest BCUT2D eigenvalue weighted by Gasteiger charge is 2.40. The molecule has 1 aliphatic heterocycles.